The van der Waals surface area contributed by atoms with Crippen molar-refractivity contribution in [2.75, 3.05) is 17.7 Å². The van der Waals surface area contributed by atoms with E-state index in [4.69, 9.17) is 14.9 Å². The summed E-state index contributed by atoms with van der Waals surface area (Å²) in [7, 11) is 0. The molecule has 0 aliphatic carbocycles. The quantitative estimate of drug-likeness (QED) is 0.515. The Morgan fingerprint density at radius 1 is 1.18 bits per heavy atom. The number of carbonyl (C=O) groups is 1. The number of rotatable bonds is 5. The molecule has 7 heteroatoms. The minimum atomic E-state index is -0.268. The van der Waals surface area contributed by atoms with Crippen LogP contribution in [0.3, 0.4) is 0 Å². The monoisotopic (exact) mass is 374 g/mol. The Hall–Kier alpha value is -3.87. The molecule has 0 aliphatic heterocycles. The van der Waals surface area contributed by atoms with E-state index in [9.17, 15) is 4.79 Å². The molecule has 0 radical (unpaired) electrons. The van der Waals surface area contributed by atoms with Gasteiger partial charge in [0.25, 0.3) is 5.91 Å². The molecule has 0 bridgehead atoms. The molecular weight excluding hydrogens is 356 g/mol. The molecule has 0 unspecified atom stereocenters. The van der Waals surface area contributed by atoms with Crippen molar-refractivity contribution in [1.29, 1.82) is 0 Å². The van der Waals surface area contributed by atoms with E-state index in [1.807, 2.05) is 31.2 Å². The van der Waals surface area contributed by atoms with Crippen LogP contribution in [0.15, 0.2) is 65.2 Å². The van der Waals surface area contributed by atoms with Gasteiger partial charge in [-0.3, -0.25) is 4.79 Å². The summed E-state index contributed by atoms with van der Waals surface area (Å²) in [5, 5.41) is 2.75. The van der Waals surface area contributed by atoms with Crippen LogP contribution in [0.2, 0.25) is 0 Å². The van der Waals surface area contributed by atoms with E-state index in [0.717, 1.165) is 5.56 Å². The van der Waals surface area contributed by atoms with Gasteiger partial charge < -0.3 is 20.2 Å². The molecule has 7 nitrogen and oxygen atoms in total. The Bertz CT molecular complexity index is 1140. The average molecular weight is 374 g/mol. The number of carbonyl (C=O) groups excluding carboxylic acids is 1. The highest BCUT2D eigenvalue weighted by Gasteiger charge is 2.11. The number of para-hydroxylation sites is 1. The number of benzene rings is 2. The fourth-order valence-corrected chi connectivity index (χ4v) is 2.71. The van der Waals surface area contributed by atoms with Crippen LogP contribution in [0, 0.1) is 6.92 Å². The number of nitrogens with two attached hydrogens (primary N) is 1. The maximum atomic E-state index is 12.1. The summed E-state index contributed by atoms with van der Waals surface area (Å²) in [5.41, 5.74) is 9.77. The van der Waals surface area contributed by atoms with Gasteiger partial charge in [0.2, 0.25) is 5.89 Å². The van der Waals surface area contributed by atoms with Gasteiger partial charge in [-0.05, 0) is 48.9 Å². The van der Waals surface area contributed by atoms with Crippen LogP contribution in [0.1, 0.15) is 5.56 Å². The lowest BCUT2D eigenvalue weighted by molar-refractivity contribution is -0.118. The number of fused-ring (bicyclic) bond motifs is 1. The number of nitrogens with zero attached hydrogens (tertiary/aromatic N) is 2. The average Bonchev–Trinajstić information content (AvgIpc) is 3.11. The van der Waals surface area contributed by atoms with Gasteiger partial charge in [0.1, 0.15) is 17.0 Å². The zero-order valence-electron chi connectivity index (χ0n) is 15.2. The Kier molecular flexibility index (Phi) is 4.63. The van der Waals surface area contributed by atoms with Gasteiger partial charge in [0.15, 0.2) is 12.2 Å². The van der Waals surface area contributed by atoms with Gasteiger partial charge in [-0.2, -0.15) is 0 Å². The summed E-state index contributed by atoms with van der Waals surface area (Å²) >= 11 is 0. The smallest absolute Gasteiger partial charge is 0.262 e. The number of hydrogen-bond donors (Lipinski definition) is 2. The number of aryl methyl sites for hydroxylation is 1. The van der Waals surface area contributed by atoms with Crippen molar-refractivity contribution in [3.05, 3.63) is 66.4 Å². The molecule has 0 spiro atoms. The maximum Gasteiger partial charge on any atom is 0.262 e. The molecule has 2 heterocycles. The second-order valence-corrected chi connectivity index (χ2v) is 6.28. The first kappa shape index (κ1) is 17.5. The molecule has 4 rings (SSSR count). The molecule has 0 saturated heterocycles. The lowest BCUT2D eigenvalue weighted by Crippen LogP contribution is -2.20. The number of hydrogen-bond acceptors (Lipinski definition) is 6. The molecule has 140 valence electrons. The molecule has 1 amide bonds. The number of oxazole rings is 1. The van der Waals surface area contributed by atoms with Crippen molar-refractivity contribution in [3.63, 3.8) is 0 Å². The summed E-state index contributed by atoms with van der Waals surface area (Å²) in [4.78, 5) is 20.8. The predicted molar refractivity (Wildman–Crippen MR) is 107 cm³/mol. The Morgan fingerprint density at radius 3 is 2.82 bits per heavy atom. The fourth-order valence-electron chi connectivity index (χ4n) is 2.71. The minimum absolute atomic E-state index is 0.0842. The van der Waals surface area contributed by atoms with E-state index in [0.29, 0.717) is 39.8 Å². The SMILES string of the molecule is Cc1ccccc1OCC(=O)Nc1ccc(-c2nc3cc(N)ccc3o2)nc1. The molecule has 28 heavy (non-hydrogen) atoms. The normalized spacial score (nSPS) is 10.8. The van der Waals surface area contributed by atoms with Crippen LogP contribution >= 0.6 is 0 Å². The Balaban J connectivity index is 1.41. The van der Waals surface area contributed by atoms with Crippen LogP contribution < -0.4 is 15.8 Å². The van der Waals surface area contributed by atoms with Gasteiger partial charge >= 0.3 is 0 Å². The first-order valence-corrected chi connectivity index (χ1v) is 8.69. The number of nitrogen functional groups attached to an aromatic ring is 1. The van der Waals surface area contributed by atoms with E-state index in [1.54, 1.807) is 36.5 Å². The number of anilines is 2. The molecule has 0 aliphatic rings. The number of ether oxygens (including phenoxy) is 1. The van der Waals surface area contributed by atoms with Crippen LogP contribution in [-0.2, 0) is 4.79 Å². The van der Waals surface area contributed by atoms with Crippen LogP contribution in [0.5, 0.6) is 5.75 Å². The molecular formula is C21H18N4O3. The van der Waals surface area contributed by atoms with Crippen LogP contribution in [0.4, 0.5) is 11.4 Å². The van der Waals surface area contributed by atoms with E-state index in [1.165, 1.54) is 0 Å². The van der Waals surface area contributed by atoms with Crippen molar-refractivity contribution in [2.24, 2.45) is 0 Å². The van der Waals surface area contributed by atoms with Crippen molar-refractivity contribution in [1.82, 2.24) is 9.97 Å². The summed E-state index contributed by atoms with van der Waals surface area (Å²) in [6.45, 7) is 1.84. The van der Waals surface area contributed by atoms with Gasteiger partial charge in [0.05, 0.1) is 11.9 Å². The molecule has 2 aromatic carbocycles. The molecule has 2 aromatic heterocycles. The van der Waals surface area contributed by atoms with Gasteiger partial charge in [-0.15, -0.1) is 0 Å². The Labute approximate surface area is 161 Å². The van der Waals surface area contributed by atoms with Crippen molar-refractivity contribution in [3.8, 4) is 17.3 Å². The second kappa shape index (κ2) is 7.40. The molecule has 0 saturated carbocycles. The first-order chi connectivity index (χ1) is 13.6. The zero-order chi connectivity index (χ0) is 19.5. The van der Waals surface area contributed by atoms with Crippen molar-refractivity contribution < 1.29 is 13.9 Å². The lowest BCUT2D eigenvalue weighted by atomic mass is 10.2. The van der Waals surface area contributed by atoms with Crippen molar-refractivity contribution in [2.45, 2.75) is 6.92 Å². The predicted octanol–water partition coefficient (Wildman–Crippen LogP) is 3.80. The Morgan fingerprint density at radius 2 is 2.04 bits per heavy atom. The summed E-state index contributed by atoms with van der Waals surface area (Å²) in [5.74, 6) is 0.805. The van der Waals surface area contributed by atoms with Crippen LogP contribution in [0.25, 0.3) is 22.7 Å². The second-order valence-electron chi connectivity index (χ2n) is 6.28. The summed E-state index contributed by atoms with van der Waals surface area (Å²) in [6, 6.07) is 16.3. The van der Waals surface area contributed by atoms with E-state index >= 15 is 0 Å². The molecule has 0 atom stereocenters. The number of nitrogens with one attached hydrogen (secondary N) is 1. The topological polar surface area (TPSA) is 103 Å². The van der Waals surface area contributed by atoms with Crippen molar-refractivity contribution >= 4 is 28.4 Å². The highest BCUT2D eigenvalue weighted by atomic mass is 16.5. The first-order valence-electron chi connectivity index (χ1n) is 8.69. The fraction of sp³-hybridized carbons (Fsp3) is 0.0952. The van der Waals surface area contributed by atoms with Gasteiger partial charge in [-0.25, -0.2) is 9.97 Å². The highest BCUT2D eigenvalue weighted by Crippen LogP contribution is 2.25. The van der Waals surface area contributed by atoms with E-state index in [2.05, 4.69) is 15.3 Å². The largest absolute Gasteiger partial charge is 0.483 e. The minimum Gasteiger partial charge on any atom is -0.483 e. The lowest BCUT2D eigenvalue weighted by Gasteiger charge is -2.09. The standard InChI is InChI=1S/C21H18N4O3/c1-13-4-2-3-5-18(13)27-12-20(26)24-15-7-8-16(23-11-15)21-25-17-10-14(22)6-9-19(17)28-21/h2-11H,12,22H2,1H3,(H,24,26). The molecule has 3 N–H and O–H groups in total. The van der Waals surface area contributed by atoms with Gasteiger partial charge in [0, 0.05) is 5.69 Å². The third-order valence-corrected chi connectivity index (χ3v) is 4.13. The molecule has 4 aromatic rings. The van der Waals surface area contributed by atoms with E-state index in [-0.39, 0.29) is 12.5 Å². The molecule has 0 fully saturated rings. The summed E-state index contributed by atoms with van der Waals surface area (Å²) < 4.78 is 11.2. The number of amides is 1. The van der Waals surface area contributed by atoms with Gasteiger partial charge in [-0.1, -0.05) is 18.2 Å². The third-order valence-electron chi connectivity index (χ3n) is 4.13. The van der Waals surface area contributed by atoms with Crippen LogP contribution in [-0.4, -0.2) is 22.5 Å². The number of aromatic nitrogens is 2. The maximum absolute atomic E-state index is 12.1. The third kappa shape index (κ3) is 3.78. The zero-order valence-corrected chi connectivity index (χ0v) is 15.2. The number of pyridine rings is 1. The summed E-state index contributed by atoms with van der Waals surface area (Å²) in [6.07, 6.45) is 1.55. The highest BCUT2D eigenvalue weighted by molar-refractivity contribution is 5.91. The van der Waals surface area contributed by atoms with E-state index < -0.39 is 0 Å².